The van der Waals surface area contributed by atoms with E-state index in [2.05, 4.69) is 11.1 Å². The fraction of sp³-hybridized carbons (Fsp3) is 0.562. The Hall–Kier alpha value is -1.58. The number of thioether (sulfide) groups is 1. The van der Waals surface area contributed by atoms with E-state index in [1.165, 1.54) is 18.2 Å². The molecule has 0 radical (unpaired) electrons. The minimum absolute atomic E-state index is 0.220. The molecule has 0 aliphatic carbocycles. The van der Waals surface area contributed by atoms with Crippen LogP contribution in [0.3, 0.4) is 0 Å². The number of hydrogen-bond donors (Lipinski definition) is 0. The van der Waals surface area contributed by atoms with Crippen molar-refractivity contribution >= 4 is 17.7 Å². The molecule has 1 aliphatic rings. The van der Waals surface area contributed by atoms with Gasteiger partial charge in [0.25, 0.3) is 0 Å². The highest BCUT2D eigenvalue weighted by atomic mass is 32.2. The Bertz CT molecular complexity index is 577. The summed E-state index contributed by atoms with van der Waals surface area (Å²) in [5.41, 5.74) is 1.36. The highest BCUT2D eigenvalue weighted by Gasteiger charge is 2.19. The zero-order valence-corrected chi connectivity index (χ0v) is 13.7. The summed E-state index contributed by atoms with van der Waals surface area (Å²) in [5, 5.41) is 9.95. The molecule has 22 heavy (non-hydrogen) atoms. The first-order valence-electron chi connectivity index (χ1n) is 7.49. The van der Waals surface area contributed by atoms with Gasteiger partial charge in [0, 0.05) is 12.4 Å². The normalized spacial score (nSPS) is 17.8. The van der Waals surface area contributed by atoms with Gasteiger partial charge in [0.1, 0.15) is 11.1 Å². The van der Waals surface area contributed by atoms with E-state index in [9.17, 15) is 10.1 Å². The van der Waals surface area contributed by atoms with Crippen LogP contribution >= 0.6 is 11.8 Å². The van der Waals surface area contributed by atoms with Crippen molar-refractivity contribution in [3.63, 3.8) is 0 Å². The van der Waals surface area contributed by atoms with Gasteiger partial charge in [0.15, 0.2) is 0 Å². The van der Waals surface area contributed by atoms with Crippen molar-refractivity contribution in [1.82, 2.24) is 4.98 Å². The smallest absolute Gasteiger partial charge is 0.340 e. The molecule has 0 N–H and O–H groups in total. The molecule has 5 nitrogen and oxygen atoms in total. The molecule has 0 spiro atoms. The van der Waals surface area contributed by atoms with E-state index in [1.807, 2.05) is 0 Å². The van der Waals surface area contributed by atoms with Gasteiger partial charge in [-0.1, -0.05) is 0 Å². The number of nitrogens with zero attached hydrogens (tertiary/aromatic N) is 2. The Morgan fingerprint density at radius 2 is 2.41 bits per heavy atom. The Morgan fingerprint density at radius 3 is 3.05 bits per heavy atom. The molecule has 1 fully saturated rings. The number of carbonyl (C=O) groups is 1. The van der Waals surface area contributed by atoms with Crippen molar-refractivity contribution in [3.8, 4) is 6.07 Å². The van der Waals surface area contributed by atoms with Gasteiger partial charge in [-0.05, 0) is 39.2 Å². The zero-order valence-electron chi connectivity index (χ0n) is 12.9. The van der Waals surface area contributed by atoms with Crippen molar-refractivity contribution in [3.05, 3.63) is 22.9 Å². The molecule has 0 amide bonds. The first-order valence-corrected chi connectivity index (χ1v) is 8.47. The Balaban J connectivity index is 2.12. The minimum atomic E-state index is -0.434. The molecule has 1 saturated heterocycles. The predicted molar refractivity (Wildman–Crippen MR) is 84.0 cm³/mol. The first-order chi connectivity index (χ1) is 10.7. The van der Waals surface area contributed by atoms with Crippen LogP contribution in [0.4, 0.5) is 0 Å². The third-order valence-corrected chi connectivity index (χ3v) is 4.60. The van der Waals surface area contributed by atoms with E-state index in [-0.39, 0.29) is 6.10 Å². The molecule has 0 saturated carbocycles. The van der Waals surface area contributed by atoms with Crippen LogP contribution < -0.4 is 0 Å². The molecule has 1 aliphatic heterocycles. The van der Waals surface area contributed by atoms with Crippen LogP contribution in [0.5, 0.6) is 0 Å². The van der Waals surface area contributed by atoms with E-state index in [4.69, 9.17) is 9.47 Å². The third-order valence-electron chi connectivity index (χ3n) is 3.47. The van der Waals surface area contributed by atoms with Gasteiger partial charge in [-0.15, -0.1) is 11.8 Å². The van der Waals surface area contributed by atoms with Crippen molar-refractivity contribution in [2.75, 3.05) is 19.0 Å². The summed E-state index contributed by atoms with van der Waals surface area (Å²) >= 11 is 1.52. The molecular weight excluding hydrogens is 300 g/mol. The van der Waals surface area contributed by atoms with Gasteiger partial charge < -0.3 is 9.47 Å². The molecule has 0 aromatic carbocycles. The number of nitriles is 1. The van der Waals surface area contributed by atoms with Gasteiger partial charge in [0.2, 0.25) is 0 Å². The van der Waals surface area contributed by atoms with Crippen molar-refractivity contribution < 1.29 is 14.3 Å². The number of pyridine rings is 1. The maximum absolute atomic E-state index is 11.9. The van der Waals surface area contributed by atoms with Crippen molar-refractivity contribution in [2.45, 2.75) is 44.2 Å². The Labute approximate surface area is 135 Å². The molecule has 1 aromatic heterocycles. The highest BCUT2D eigenvalue weighted by Crippen LogP contribution is 2.26. The van der Waals surface area contributed by atoms with Gasteiger partial charge >= 0.3 is 5.97 Å². The Kier molecular flexibility index (Phi) is 6.22. The summed E-state index contributed by atoms with van der Waals surface area (Å²) < 4.78 is 10.7. The second-order valence-corrected chi connectivity index (χ2v) is 6.11. The highest BCUT2D eigenvalue weighted by molar-refractivity contribution is 7.99. The van der Waals surface area contributed by atoms with Crippen LogP contribution in [0, 0.1) is 18.3 Å². The number of carbonyl (C=O) groups excluding carboxylic acids is 1. The quantitative estimate of drug-likeness (QED) is 0.613. The number of hydrogen-bond acceptors (Lipinski definition) is 6. The molecule has 118 valence electrons. The average molecular weight is 320 g/mol. The van der Waals surface area contributed by atoms with E-state index < -0.39 is 5.97 Å². The van der Waals surface area contributed by atoms with Crippen LogP contribution in [0.1, 0.15) is 47.8 Å². The van der Waals surface area contributed by atoms with Crippen LogP contribution in [0.15, 0.2) is 11.1 Å². The van der Waals surface area contributed by atoms with E-state index in [0.29, 0.717) is 28.5 Å². The molecule has 0 unspecified atom stereocenters. The lowest BCUT2D eigenvalue weighted by molar-refractivity contribution is 0.0315. The van der Waals surface area contributed by atoms with Crippen LogP contribution in [0.2, 0.25) is 0 Å². The first kappa shape index (κ1) is 16.8. The van der Waals surface area contributed by atoms with Gasteiger partial charge in [-0.25, -0.2) is 9.78 Å². The number of aryl methyl sites for hydroxylation is 1. The molecule has 1 atom stereocenters. The fourth-order valence-electron chi connectivity index (χ4n) is 2.30. The largest absolute Gasteiger partial charge is 0.462 e. The summed E-state index contributed by atoms with van der Waals surface area (Å²) in [4.78, 5) is 16.3. The lowest BCUT2D eigenvalue weighted by atomic mass is 10.1. The summed E-state index contributed by atoms with van der Waals surface area (Å²) in [5.74, 6) is 0.344. The number of rotatable bonds is 5. The lowest BCUT2D eigenvalue weighted by Gasteiger charge is -2.22. The topological polar surface area (TPSA) is 72.2 Å². The van der Waals surface area contributed by atoms with E-state index in [0.717, 1.165) is 25.2 Å². The number of esters is 1. The van der Waals surface area contributed by atoms with Crippen LogP contribution in [-0.2, 0) is 9.47 Å². The zero-order chi connectivity index (χ0) is 15.9. The summed E-state index contributed by atoms with van der Waals surface area (Å²) in [6.07, 6.45) is 3.58. The average Bonchev–Trinajstić information content (AvgIpc) is 2.54. The van der Waals surface area contributed by atoms with Gasteiger partial charge in [-0.3, -0.25) is 0 Å². The monoisotopic (exact) mass is 320 g/mol. The Morgan fingerprint density at radius 1 is 1.59 bits per heavy atom. The molecule has 1 aromatic rings. The maximum Gasteiger partial charge on any atom is 0.340 e. The fourth-order valence-corrected chi connectivity index (χ4v) is 3.37. The standard InChI is InChI=1S/C16H20N2O3S/c1-3-20-16(19)14-8-12(9-17)15(18-11(14)2)22-10-13-6-4-5-7-21-13/h8,13H,3-7,10H2,1-2H3/t13-/m1/s1. The SMILES string of the molecule is CCOC(=O)c1cc(C#N)c(SC[C@H]2CCCCO2)nc1C. The van der Waals surface area contributed by atoms with Gasteiger partial charge in [0.05, 0.1) is 29.5 Å². The number of ether oxygens (including phenoxy) is 2. The molecule has 2 rings (SSSR count). The van der Waals surface area contributed by atoms with E-state index >= 15 is 0 Å². The van der Waals surface area contributed by atoms with Gasteiger partial charge in [-0.2, -0.15) is 5.26 Å². The summed E-state index contributed by atoms with van der Waals surface area (Å²) in [6, 6.07) is 3.69. The van der Waals surface area contributed by atoms with E-state index in [1.54, 1.807) is 19.9 Å². The second kappa shape index (κ2) is 8.16. The minimum Gasteiger partial charge on any atom is -0.462 e. The summed E-state index contributed by atoms with van der Waals surface area (Å²) in [7, 11) is 0. The van der Waals surface area contributed by atoms with Crippen molar-refractivity contribution in [2.24, 2.45) is 0 Å². The predicted octanol–water partition coefficient (Wildman–Crippen LogP) is 3.10. The summed E-state index contributed by atoms with van der Waals surface area (Å²) in [6.45, 7) is 4.62. The van der Waals surface area contributed by atoms with Crippen LogP contribution in [0.25, 0.3) is 0 Å². The maximum atomic E-state index is 11.9. The van der Waals surface area contributed by atoms with Crippen LogP contribution in [-0.4, -0.2) is 36.0 Å². The molecule has 2 heterocycles. The molecule has 6 heteroatoms. The lowest BCUT2D eigenvalue weighted by Crippen LogP contribution is -2.21. The molecule has 0 bridgehead atoms. The molecular formula is C16H20N2O3S. The number of aromatic nitrogens is 1. The van der Waals surface area contributed by atoms with Crippen molar-refractivity contribution in [1.29, 1.82) is 5.26 Å². The second-order valence-electron chi connectivity index (χ2n) is 5.11. The third kappa shape index (κ3) is 4.21.